The van der Waals surface area contributed by atoms with Gasteiger partial charge >= 0.3 is 0 Å². The van der Waals surface area contributed by atoms with Crippen LogP contribution in [-0.4, -0.2) is 54.4 Å². The summed E-state index contributed by atoms with van der Waals surface area (Å²) in [5.41, 5.74) is 2.12. The zero-order chi connectivity index (χ0) is 20.8. The molecule has 2 heterocycles. The highest BCUT2D eigenvalue weighted by molar-refractivity contribution is 5.92. The van der Waals surface area contributed by atoms with E-state index in [-0.39, 0.29) is 23.8 Å². The van der Waals surface area contributed by atoms with Crippen molar-refractivity contribution in [2.75, 3.05) is 32.8 Å². The minimum Gasteiger partial charge on any atom is -0.370 e. The lowest BCUT2D eigenvalue weighted by Crippen LogP contribution is -2.48. The third kappa shape index (κ3) is 4.97. The molecule has 0 saturated carbocycles. The lowest BCUT2D eigenvalue weighted by molar-refractivity contribution is -0.146. The Labute approximate surface area is 177 Å². The lowest BCUT2D eigenvalue weighted by Gasteiger charge is -2.37. The van der Waals surface area contributed by atoms with Crippen LogP contribution in [0.2, 0.25) is 0 Å². The first-order chi connectivity index (χ1) is 14.7. The second-order valence-corrected chi connectivity index (χ2v) is 7.90. The van der Waals surface area contributed by atoms with Gasteiger partial charge in [0.2, 0.25) is 11.8 Å². The van der Waals surface area contributed by atoms with Gasteiger partial charge in [-0.15, -0.1) is 0 Å². The van der Waals surface area contributed by atoms with Crippen LogP contribution in [0.4, 0.5) is 0 Å². The Morgan fingerprint density at radius 3 is 2.23 bits per heavy atom. The Morgan fingerprint density at radius 1 is 0.867 bits per heavy atom. The molecule has 0 bridgehead atoms. The standard InChI is InChI=1S/C25H28N2O3/c28-24(12-11-20-7-3-1-4-8-20)26-15-13-22(14-16-26)25(29)27-17-18-30-23(19-27)21-9-5-2-6-10-21/h1-12,22-23H,13-19H2/b12-11+. The molecule has 30 heavy (non-hydrogen) atoms. The molecule has 0 spiro atoms. The van der Waals surface area contributed by atoms with Gasteiger partial charge in [-0.2, -0.15) is 0 Å². The fourth-order valence-corrected chi connectivity index (χ4v) is 4.16. The Hall–Kier alpha value is -2.92. The van der Waals surface area contributed by atoms with Gasteiger partial charge in [-0.3, -0.25) is 9.59 Å². The largest absolute Gasteiger partial charge is 0.370 e. The predicted octanol–water partition coefficient (Wildman–Crippen LogP) is 3.54. The van der Waals surface area contributed by atoms with E-state index < -0.39 is 0 Å². The molecule has 5 nitrogen and oxygen atoms in total. The quantitative estimate of drug-likeness (QED) is 0.733. The topological polar surface area (TPSA) is 49.9 Å². The molecule has 0 aliphatic carbocycles. The molecule has 2 aliphatic rings. The molecule has 0 N–H and O–H groups in total. The molecule has 0 radical (unpaired) electrons. The highest BCUT2D eigenvalue weighted by Crippen LogP contribution is 2.26. The van der Waals surface area contributed by atoms with Gasteiger partial charge in [0, 0.05) is 31.6 Å². The molecule has 4 rings (SSSR count). The number of hydrogen-bond donors (Lipinski definition) is 0. The molecule has 5 heteroatoms. The van der Waals surface area contributed by atoms with E-state index >= 15 is 0 Å². The number of hydrogen-bond acceptors (Lipinski definition) is 3. The van der Waals surface area contributed by atoms with Crippen LogP contribution in [0.5, 0.6) is 0 Å². The molecule has 1 atom stereocenters. The second kappa shape index (κ2) is 9.72. The smallest absolute Gasteiger partial charge is 0.246 e. The summed E-state index contributed by atoms with van der Waals surface area (Å²) in [4.78, 5) is 29.3. The van der Waals surface area contributed by atoms with E-state index in [0.717, 1.165) is 24.0 Å². The Balaban J connectivity index is 1.29. The molecule has 2 aromatic carbocycles. The van der Waals surface area contributed by atoms with Gasteiger partial charge in [0.15, 0.2) is 0 Å². The molecular weight excluding hydrogens is 376 g/mol. The number of amides is 2. The minimum atomic E-state index is -0.0614. The monoisotopic (exact) mass is 404 g/mol. The SMILES string of the molecule is O=C(/C=C/c1ccccc1)N1CCC(C(=O)N2CCOC(c3ccccc3)C2)CC1. The first kappa shape index (κ1) is 20.4. The highest BCUT2D eigenvalue weighted by atomic mass is 16.5. The van der Waals surface area contributed by atoms with E-state index in [1.807, 2.05) is 76.5 Å². The Bertz CT molecular complexity index is 874. The van der Waals surface area contributed by atoms with Gasteiger partial charge in [-0.05, 0) is 30.0 Å². The van der Waals surface area contributed by atoms with Crippen LogP contribution in [0, 0.1) is 5.92 Å². The van der Waals surface area contributed by atoms with Crippen molar-refractivity contribution in [3.8, 4) is 0 Å². The van der Waals surface area contributed by atoms with Crippen molar-refractivity contribution >= 4 is 17.9 Å². The number of carbonyl (C=O) groups is 2. The molecule has 1 unspecified atom stereocenters. The van der Waals surface area contributed by atoms with Crippen LogP contribution in [0.3, 0.4) is 0 Å². The number of benzene rings is 2. The zero-order valence-corrected chi connectivity index (χ0v) is 17.2. The summed E-state index contributed by atoms with van der Waals surface area (Å²) >= 11 is 0. The van der Waals surface area contributed by atoms with Crippen molar-refractivity contribution < 1.29 is 14.3 Å². The molecule has 2 amide bonds. The van der Waals surface area contributed by atoms with Gasteiger partial charge in [0.25, 0.3) is 0 Å². The third-order valence-corrected chi connectivity index (χ3v) is 5.92. The number of carbonyl (C=O) groups excluding carboxylic acids is 2. The molecular formula is C25H28N2O3. The molecule has 2 saturated heterocycles. The van der Waals surface area contributed by atoms with Crippen LogP contribution in [0.1, 0.15) is 30.1 Å². The summed E-state index contributed by atoms with van der Waals surface area (Å²) in [7, 11) is 0. The van der Waals surface area contributed by atoms with Crippen LogP contribution < -0.4 is 0 Å². The second-order valence-electron chi connectivity index (χ2n) is 7.90. The van der Waals surface area contributed by atoms with Gasteiger partial charge in [-0.25, -0.2) is 0 Å². The predicted molar refractivity (Wildman–Crippen MR) is 116 cm³/mol. The molecule has 0 aromatic heterocycles. The summed E-state index contributed by atoms with van der Waals surface area (Å²) in [6.07, 6.45) is 4.85. The first-order valence-electron chi connectivity index (χ1n) is 10.7. The summed E-state index contributed by atoms with van der Waals surface area (Å²) in [6, 6.07) is 19.9. The average Bonchev–Trinajstić information content (AvgIpc) is 2.83. The summed E-state index contributed by atoms with van der Waals surface area (Å²) < 4.78 is 5.89. The van der Waals surface area contributed by atoms with E-state index in [1.165, 1.54) is 0 Å². The average molecular weight is 405 g/mol. The number of rotatable bonds is 4. The molecule has 2 aromatic rings. The molecule has 2 fully saturated rings. The number of nitrogens with zero attached hydrogens (tertiary/aromatic N) is 2. The summed E-state index contributed by atoms with van der Waals surface area (Å²) in [5, 5.41) is 0. The van der Waals surface area contributed by atoms with E-state index in [2.05, 4.69) is 0 Å². The zero-order valence-electron chi connectivity index (χ0n) is 17.2. The van der Waals surface area contributed by atoms with E-state index in [4.69, 9.17) is 4.74 Å². The fraction of sp³-hybridized carbons (Fsp3) is 0.360. The van der Waals surface area contributed by atoms with Gasteiger partial charge in [0.05, 0.1) is 13.2 Å². The summed E-state index contributed by atoms with van der Waals surface area (Å²) in [6.45, 7) is 3.05. The van der Waals surface area contributed by atoms with Crippen LogP contribution in [0.25, 0.3) is 6.08 Å². The first-order valence-corrected chi connectivity index (χ1v) is 10.7. The van der Waals surface area contributed by atoms with E-state index in [0.29, 0.717) is 32.8 Å². The summed E-state index contributed by atoms with van der Waals surface area (Å²) in [5.74, 6) is 0.202. The van der Waals surface area contributed by atoms with Crippen LogP contribution in [-0.2, 0) is 14.3 Å². The maximum Gasteiger partial charge on any atom is 0.246 e. The van der Waals surface area contributed by atoms with Gasteiger partial charge in [0.1, 0.15) is 6.10 Å². The number of morpholine rings is 1. The molecule has 2 aliphatic heterocycles. The fourth-order valence-electron chi connectivity index (χ4n) is 4.16. The van der Waals surface area contributed by atoms with Crippen molar-refractivity contribution in [3.63, 3.8) is 0 Å². The number of likely N-dealkylation sites (tertiary alicyclic amines) is 1. The third-order valence-electron chi connectivity index (χ3n) is 5.92. The maximum absolute atomic E-state index is 13.1. The number of piperidine rings is 1. The van der Waals surface area contributed by atoms with Crippen molar-refractivity contribution in [1.82, 2.24) is 9.80 Å². The maximum atomic E-state index is 13.1. The highest BCUT2D eigenvalue weighted by Gasteiger charge is 2.32. The lowest BCUT2D eigenvalue weighted by atomic mass is 9.94. The van der Waals surface area contributed by atoms with Crippen molar-refractivity contribution in [2.45, 2.75) is 18.9 Å². The minimum absolute atomic E-state index is 0.0123. The Kier molecular flexibility index (Phi) is 6.60. The number of ether oxygens (including phenoxy) is 1. The van der Waals surface area contributed by atoms with E-state index in [9.17, 15) is 9.59 Å². The van der Waals surface area contributed by atoms with Gasteiger partial charge in [-0.1, -0.05) is 60.7 Å². The van der Waals surface area contributed by atoms with Crippen molar-refractivity contribution in [2.24, 2.45) is 5.92 Å². The van der Waals surface area contributed by atoms with Crippen LogP contribution in [0.15, 0.2) is 66.7 Å². The van der Waals surface area contributed by atoms with Crippen molar-refractivity contribution in [1.29, 1.82) is 0 Å². The van der Waals surface area contributed by atoms with E-state index in [1.54, 1.807) is 6.08 Å². The van der Waals surface area contributed by atoms with Crippen molar-refractivity contribution in [3.05, 3.63) is 77.9 Å². The molecule has 156 valence electrons. The normalized spacial score (nSPS) is 20.5. The van der Waals surface area contributed by atoms with Gasteiger partial charge < -0.3 is 14.5 Å². The van der Waals surface area contributed by atoms with Crippen LogP contribution >= 0.6 is 0 Å². The Morgan fingerprint density at radius 2 is 1.53 bits per heavy atom.